The first-order valence-corrected chi connectivity index (χ1v) is 8.82. The van der Waals surface area contributed by atoms with Crippen LogP contribution in [0.3, 0.4) is 0 Å². The van der Waals surface area contributed by atoms with Crippen LogP contribution in [0.4, 0.5) is 0 Å². The first-order chi connectivity index (χ1) is 10.5. The summed E-state index contributed by atoms with van der Waals surface area (Å²) in [4.78, 5) is 11.8. The van der Waals surface area contributed by atoms with Crippen molar-refractivity contribution in [2.45, 2.75) is 52.4 Å². The second kappa shape index (κ2) is 4.57. The van der Waals surface area contributed by atoms with E-state index in [2.05, 4.69) is 32.1 Å². The van der Waals surface area contributed by atoms with Gasteiger partial charge in [-0.1, -0.05) is 26.0 Å². The summed E-state index contributed by atoms with van der Waals surface area (Å²) in [5.41, 5.74) is 1.66. The van der Waals surface area contributed by atoms with Gasteiger partial charge in [-0.25, -0.2) is 0 Å². The number of nitriles is 1. The smallest absolute Gasteiger partial charge is 0.156 e. The van der Waals surface area contributed by atoms with Gasteiger partial charge in [0.1, 0.15) is 0 Å². The average molecular weight is 295 g/mol. The van der Waals surface area contributed by atoms with E-state index in [1.807, 2.05) is 6.08 Å². The van der Waals surface area contributed by atoms with Gasteiger partial charge in [-0.3, -0.25) is 4.79 Å². The maximum Gasteiger partial charge on any atom is 0.156 e. The maximum absolute atomic E-state index is 11.8. The highest BCUT2D eigenvalue weighted by Gasteiger charge is 2.58. The minimum Gasteiger partial charge on any atom is -0.295 e. The van der Waals surface area contributed by atoms with Crippen molar-refractivity contribution in [3.05, 3.63) is 23.8 Å². The third-order valence-electron chi connectivity index (χ3n) is 7.67. The zero-order valence-electron chi connectivity index (χ0n) is 13.6. The lowest BCUT2D eigenvalue weighted by atomic mass is 9.49. The largest absolute Gasteiger partial charge is 0.295 e. The van der Waals surface area contributed by atoms with Crippen LogP contribution < -0.4 is 0 Å². The molecule has 4 aliphatic rings. The van der Waals surface area contributed by atoms with Crippen molar-refractivity contribution in [3.63, 3.8) is 0 Å². The van der Waals surface area contributed by atoms with Crippen LogP contribution in [0.5, 0.6) is 0 Å². The molecular weight excluding hydrogens is 270 g/mol. The molecule has 2 saturated carbocycles. The molecule has 4 aliphatic carbocycles. The maximum atomic E-state index is 11.8. The molecule has 22 heavy (non-hydrogen) atoms. The Bertz CT molecular complexity index is 624. The van der Waals surface area contributed by atoms with Crippen molar-refractivity contribution in [2.75, 3.05) is 0 Å². The van der Waals surface area contributed by atoms with E-state index in [0.29, 0.717) is 30.0 Å². The third kappa shape index (κ3) is 1.69. The lowest BCUT2D eigenvalue weighted by Gasteiger charge is -2.55. The normalized spacial score (nSPS) is 49.7. The summed E-state index contributed by atoms with van der Waals surface area (Å²) in [6.45, 7) is 4.74. The van der Waals surface area contributed by atoms with Crippen LogP contribution in [0, 0.1) is 45.8 Å². The summed E-state index contributed by atoms with van der Waals surface area (Å²) in [7, 11) is 0. The molecule has 0 N–H and O–H groups in total. The summed E-state index contributed by atoms with van der Waals surface area (Å²) in [6, 6.07) is 2.59. The molecule has 0 amide bonds. The van der Waals surface area contributed by atoms with E-state index in [1.54, 1.807) is 0 Å². The van der Waals surface area contributed by atoms with Gasteiger partial charge in [0, 0.05) is 6.42 Å². The van der Waals surface area contributed by atoms with Crippen molar-refractivity contribution in [2.24, 2.45) is 34.5 Å². The molecule has 2 heteroatoms. The molecule has 4 rings (SSSR count). The zero-order valence-corrected chi connectivity index (χ0v) is 13.6. The predicted molar refractivity (Wildman–Crippen MR) is 85.7 cm³/mol. The van der Waals surface area contributed by atoms with Crippen molar-refractivity contribution in [1.82, 2.24) is 0 Å². The zero-order chi connectivity index (χ0) is 15.5. The first kappa shape index (κ1) is 14.2. The van der Waals surface area contributed by atoms with E-state index in [9.17, 15) is 10.1 Å². The Hall–Kier alpha value is -1.36. The summed E-state index contributed by atoms with van der Waals surface area (Å²) < 4.78 is 0. The lowest BCUT2D eigenvalue weighted by molar-refractivity contribution is -0.116. The summed E-state index contributed by atoms with van der Waals surface area (Å²) in [6.07, 6.45) is 12.9. The van der Waals surface area contributed by atoms with E-state index in [-0.39, 0.29) is 16.7 Å². The topological polar surface area (TPSA) is 40.9 Å². The van der Waals surface area contributed by atoms with E-state index in [1.165, 1.54) is 24.8 Å². The van der Waals surface area contributed by atoms with Crippen LogP contribution >= 0.6 is 0 Å². The highest BCUT2D eigenvalue weighted by molar-refractivity contribution is 5.92. The SMILES string of the molecule is CC12CCC(=O)C=C1C=CC1C2CCC2(C)C(C#N)CCC12. The number of allylic oxidation sites excluding steroid dienone is 4. The molecule has 0 aromatic rings. The van der Waals surface area contributed by atoms with Gasteiger partial charge >= 0.3 is 0 Å². The van der Waals surface area contributed by atoms with Crippen LogP contribution in [0.1, 0.15) is 52.4 Å². The summed E-state index contributed by atoms with van der Waals surface area (Å²) in [5.74, 6) is 2.45. The van der Waals surface area contributed by atoms with Crippen LogP contribution in [0.15, 0.2) is 23.8 Å². The molecule has 0 aromatic heterocycles. The Kier molecular flexibility index (Phi) is 2.96. The number of hydrogen-bond donors (Lipinski definition) is 0. The third-order valence-corrected chi connectivity index (χ3v) is 7.67. The van der Waals surface area contributed by atoms with Gasteiger partial charge in [-0.05, 0) is 72.3 Å². The molecule has 0 heterocycles. The molecular formula is C20H25NO. The molecule has 0 bridgehead atoms. The second-order valence-corrected chi connectivity index (χ2v) is 8.44. The standard InChI is InChI=1S/C20H25NO/c1-19-9-7-15(22)11-13(19)3-5-16-17-6-4-14(12-21)20(17,2)10-8-18(16)19/h3,5,11,14,16-18H,4,6-10H2,1-2H3. The van der Waals surface area contributed by atoms with Gasteiger partial charge in [-0.2, -0.15) is 5.26 Å². The molecule has 0 aromatic carbocycles. The molecule has 116 valence electrons. The van der Waals surface area contributed by atoms with Crippen molar-refractivity contribution >= 4 is 5.78 Å². The Morgan fingerprint density at radius 1 is 1.18 bits per heavy atom. The van der Waals surface area contributed by atoms with Crippen molar-refractivity contribution < 1.29 is 4.79 Å². The molecule has 6 atom stereocenters. The van der Waals surface area contributed by atoms with Gasteiger partial charge in [-0.15, -0.1) is 0 Å². The number of carbonyl (C=O) groups excluding carboxylic acids is 1. The number of ketones is 1. The van der Waals surface area contributed by atoms with Crippen LogP contribution in [0.25, 0.3) is 0 Å². The Morgan fingerprint density at radius 3 is 2.77 bits per heavy atom. The van der Waals surface area contributed by atoms with Gasteiger partial charge in [0.15, 0.2) is 5.78 Å². The summed E-state index contributed by atoms with van der Waals surface area (Å²) in [5, 5.41) is 9.52. The lowest BCUT2D eigenvalue weighted by Crippen LogP contribution is -2.48. The van der Waals surface area contributed by atoms with E-state index in [4.69, 9.17) is 0 Å². The average Bonchev–Trinajstić information content (AvgIpc) is 2.84. The Morgan fingerprint density at radius 2 is 2.00 bits per heavy atom. The molecule has 0 aliphatic heterocycles. The van der Waals surface area contributed by atoms with Crippen molar-refractivity contribution in [1.29, 1.82) is 5.26 Å². The Labute approximate surface area is 133 Å². The molecule has 2 nitrogen and oxygen atoms in total. The van der Waals surface area contributed by atoms with E-state index < -0.39 is 0 Å². The number of rotatable bonds is 0. The number of fused-ring (bicyclic) bond motifs is 5. The van der Waals surface area contributed by atoms with Crippen LogP contribution in [0.2, 0.25) is 0 Å². The van der Waals surface area contributed by atoms with E-state index in [0.717, 1.165) is 12.8 Å². The number of carbonyl (C=O) groups is 1. The fourth-order valence-electron chi connectivity index (χ4n) is 6.21. The number of hydrogen-bond acceptors (Lipinski definition) is 2. The minimum absolute atomic E-state index is 0.180. The van der Waals surface area contributed by atoms with Gasteiger partial charge in [0.2, 0.25) is 0 Å². The highest BCUT2D eigenvalue weighted by atomic mass is 16.1. The van der Waals surface area contributed by atoms with E-state index >= 15 is 0 Å². The highest BCUT2D eigenvalue weighted by Crippen LogP contribution is 2.64. The molecule has 2 fully saturated rings. The van der Waals surface area contributed by atoms with Crippen LogP contribution in [-0.2, 0) is 4.79 Å². The fourth-order valence-corrected chi connectivity index (χ4v) is 6.21. The second-order valence-electron chi connectivity index (χ2n) is 8.44. The molecule has 0 radical (unpaired) electrons. The monoisotopic (exact) mass is 295 g/mol. The fraction of sp³-hybridized carbons (Fsp3) is 0.700. The summed E-state index contributed by atoms with van der Waals surface area (Å²) >= 11 is 0. The minimum atomic E-state index is 0.180. The number of nitrogens with zero attached hydrogens (tertiary/aromatic N) is 1. The molecule has 0 spiro atoms. The van der Waals surface area contributed by atoms with Crippen molar-refractivity contribution in [3.8, 4) is 6.07 Å². The quantitative estimate of drug-likeness (QED) is 0.663. The Balaban J connectivity index is 1.74. The first-order valence-electron chi connectivity index (χ1n) is 8.82. The van der Waals surface area contributed by atoms with Gasteiger partial charge < -0.3 is 0 Å². The van der Waals surface area contributed by atoms with Crippen LogP contribution in [-0.4, -0.2) is 5.78 Å². The van der Waals surface area contributed by atoms with Gasteiger partial charge in [0.05, 0.1) is 12.0 Å². The van der Waals surface area contributed by atoms with Gasteiger partial charge in [0.25, 0.3) is 0 Å². The molecule has 6 unspecified atom stereocenters. The molecule has 0 saturated heterocycles. The predicted octanol–water partition coefficient (Wildman–Crippen LogP) is 4.43.